The molecule has 90 valence electrons. The summed E-state index contributed by atoms with van der Waals surface area (Å²) in [6.07, 6.45) is 8.09. The lowest BCUT2D eigenvalue weighted by atomic mass is 9.84. The molecule has 0 aromatic carbocycles. The lowest BCUT2D eigenvalue weighted by Crippen LogP contribution is -2.33. The van der Waals surface area contributed by atoms with Crippen molar-refractivity contribution in [2.45, 2.75) is 51.0 Å². The monoisotopic (exact) mass is 222 g/mol. The zero-order chi connectivity index (χ0) is 11.6. The Kier molecular flexibility index (Phi) is 3.33. The van der Waals surface area contributed by atoms with Crippen LogP contribution < -0.4 is 0 Å². The van der Waals surface area contributed by atoms with Crippen LogP contribution >= 0.6 is 0 Å². The zero-order valence-electron chi connectivity index (χ0n) is 10.3. The molecule has 3 nitrogen and oxygen atoms in total. The Bertz CT molecular complexity index is 347. The first-order valence-corrected chi connectivity index (χ1v) is 6.35. The van der Waals surface area contributed by atoms with Gasteiger partial charge < -0.3 is 5.11 Å². The van der Waals surface area contributed by atoms with Gasteiger partial charge in [0.15, 0.2) is 0 Å². The number of aryl methyl sites for hydroxylation is 2. The molecule has 2 atom stereocenters. The minimum Gasteiger partial charge on any atom is -0.390 e. The predicted molar refractivity (Wildman–Crippen MR) is 64.1 cm³/mol. The molecule has 0 radical (unpaired) electrons. The highest BCUT2D eigenvalue weighted by Crippen LogP contribution is 2.40. The van der Waals surface area contributed by atoms with Crippen LogP contribution in [0.25, 0.3) is 0 Å². The Morgan fingerprint density at radius 2 is 2.44 bits per heavy atom. The molecule has 0 spiro atoms. The van der Waals surface area contributed by atoms with Crippen LogP contribution in [0.4, 0.5) is 0 Å². The van der Waals surface area contributed by atoms with Crippen molar-refractivity contribution in [3.63, 3.8) is 0 Å². The van der Waals surface area contributed by atoms with Crippen molar-refractivity contribution in [3.05, 3.63) is 18.0 Å². The Labute approximate surface area is 97.5 Å². The van der Waals surface area contributed by atoms with Gasteiger partial charge in [0.2, 0.25) is 0 Å². The average Bonchev–Trinajstić information content (AvgIpc) is 2.82. The third-order valence-corrected chi connectivity index (χ3v) is 4.15. The molecule has 0 bridgehead atoms. The molecular weight excluding hydrogens is 200 g/mol. The van der Waals surface area contributed by atoms with Crippen LogP contribution in [0.3, 0.4) is 0 Å². The summed E-state index contributed by atoms with van der Waals surface area (Å²) in [6, 6.07) is 2.04. The van der Waals surface area contributed by atoms with Gasteiger partial charge >= 0.3 is 0 Å². The minimum atomic E-state index is -0.418. The summed E-state index contributed by atoms with van der Waals surface area (Å²) >= 11 is 0. The molecule has 1 aromatic heterocycles. The number of rotatable bonds is 4. The van der Waals surface area contributed by atoms with Gasteiger partial charge in [0.1, 0.15) is 0 Å². The second-order valence-electron chi connectivity index (χ2n) is 5.05. The Balaban J connectivity index is 1.97. The van der Waals surface area contributed by atoms with Crippen molar-refractivity contribution in [1.29, 1.82) is 0 Å². The Morgan fingerprint density at radius 3 is 3.06 bits per heavy atom. The summed E-state index contributed by atoms with van der Waals surface area (Å²) in [5, 5.41) is 14.8. The maximum atomic E-state index is 10.6. The number of hydrogen-bond donors (Lipinski definition) is 1. The molecule has 0 saturated heterocycles. The minimum absolute atomic E-state index is 0.418. The summed E-state index contributed by atoms with van der Waals surface area (Å²) in [5.41, 5.74) is 0.800. The fourth-order valence-corrected chi connectivity index (χ4v) is 3.03. The molecule has 0 amide bonds. The topological polar surface area (TPSA) is 38.1 Å². The molecule has 0 aliphatic heterocycles. The van der Waals surface area contributed by atoms with Gasteiger partial charge in [0, 0.05) is 18.9 Å². The van der Waals surface area contributed by atoms with Crippen LogP contribution in [0.2, 0.25) is 0 Å². The summed E-state index contributed by atoms with van der Waals surface area (Å²) in [7, 11) is 1.96. The summed E-state index contributed by atoms with van der Waals surface area (Å²) in [6.45, 7) is 2.19. The first kappa shape index (κ1) is 11.6. The van der Waals surface area contributed by atoms with E-state index in [1.807, 2.05) is 24.0 Å². The predicted octanol–water partition coefficient (Wildman–Crippen LogP) is 2.29. The van der Waals surface area contributed by atoms with E-state index in [2.05, 4.69) is 12.0 Å². The maximum absolute atomic E-state index is 10.6. The van der Waals surface area contributed by atoms with Crippen molar-refractivity contribution in [2.75, 3.05) is 0 Å². The largest absolute Gasteiger partial charge is 0.390 e. The number of aliphatic hydroxyl groups is 1. The Hall–Kier alpha value is -0.830. The van der Waals surface area contributed by atoms with Gasteiger partial charge in [-0.05, 0) is 37.7 Å². The van der Waals surface area contributed by atoms with Crippen molar-refractivity contribution < 1.29 is 5.11 Å². The SMILES string of the molecule is CCC1CCCC1(O)CCc1ccnn1C. The molecule has 1 aliphatic carbocycles. The van der Waals surface area contributed by atoms with E-state index in [-0.39, 0.29) is 0 Å². The third kappa shape index (κ3) is 2.14. The summed E-state index contributed by atoms with van der Waals surface area (Å²) < 4.78 is 1.90. The second kappa shape index (κ2) is 4.58. The normalized spacial score (nSPS) is 29.8. The third-order valence-electron chi connectivity index (χ3n) is 4.15. The van der Waals surface area contributed by atoms with E-state index < -0.39 is 5.60 Å². The number of hydrogen-bond acceptors (Lipinski definition) is 2. The molecule has 16 heavy (non-hydrogen) atoms. The Morgan fingerprint density at radius 1 is 1.62 bits per heavy atom. The highest BCUT2D eigenvalue weighted by atomic mass is 16.3. The van der Waals surface area contributed by atoms with Gasteiger partial charge in [-0.2, -0.15) is 5.10 Å². The van der Waals surface area contributed by atoms with E-state index in [4.69, 9.17) is 0 Å². The van der Waals surface area contributed by atoms with Gasteiger partial charge in [-0.1, -0.05) is 19.8 Å². The molecule has 1 aliphatic rings. The molecule has 1 N–H and O–H groups in total. The quantitative estimate of drug-likeness (QED) is 0.849. The van der Waals surface area contributed by atoms with Crippen molar-refractivity contribution >= 4 is 0 Å². The van der Waals surface area contributed by atoms with Crippen molar-refractivity contribution in [2.24, 2.45) is 13.0 Å². The lowest BCUT2D eigenvalue weighted by molar-refractivity contribution is -0.00692. The van der Waals surface area contributed by atoms with Crippen LogP contribution in [0.15, 0.2) is 12.3 Å². The maximum Gasteiger partial charge on any atom is 0.0679 e. The molecule has 2 unspecified atom stereocenters. The smallest absolute Gasteiger partial charge is 0.0679 e. The second-order valence-corrected chi connectivity index (χ2v) is 5.05. The molecule has 1 aromatic rings. The van der Waals surface area contributed by atoms with Gasteiger partial charge in [0.05, 0.1) is 5.60 Å². The first-order chi connectivity index (χ1) is 7.65. The molecule has 2 rings (SSSR count). The van der Waals surface area contributed by atoms with Gasteiger partial charge in [-0.25, -0.2) is 0 Å². The van der Waals surface area contributed by atoms with E-state index in [1.165, 1.54) is 18.5 Å². The van der Waals surface area contributed by atoms with Crippen LogP contribution in [-0.4, -0.2) is 20.5 Å². The lowest BCUT2D eigenvalue weighted by Gasteiger charge is -2.29. The molecule has 1 fully saturated rings. The van der Waals surface area contributed by atoms with Crippen LogP contribution in [0.1, 0.15) is 44.7 Å². The van der Waals surface area contributed by atoms with Gasteiger partial charge in [0.25, 0.3) is 0 Å². The van der Waals surface area contributed by atoms with E-state index in [0.29, 0.717) is 5.92 Å². The highest BCUT2D eigenvalue weighted by molar-refractivity contribution is 5.03. The fraction of sp³-hybridized carbons (Fsp3) is 0.769. The van der Waals surface area contributed by atoms with Crippen LogP contribution in [-0.2, 0) is 13.5 Å². The van der Waals surface area contributed by atoms with Crippen LogP contribution in [0, 0.1) is 5.92 Å². The zero-order valence-corrected chi connectivity index (χ0v) is 10.3. The van der Waals surface area contributed by atoms with Gasteiger partial charge in [-0.3, -0.25) is 4.68 Å². The summed E-state index contributed by atoms with van der Waals surface area (Å²) in [4.78, 5) is 0. The van der Waals surface area contributed by atoms with E-state index >= 15 is 0 Å². The van der Waals surface area contributed by atoms with Crippen LogP contribution in [0.5, 0.6) is 0 Å². The molecule has 3 heteroatoms. The van der Waals surface area contributed by atoms with Crippen molar-refractivity contribution in [3.8, 4) is 0 Å². The molecule has 1 heterocycles. The number of nitrogens with zero attached hydrogens (tertiary/aromatic N) is 2. The average molecular weight is 222 g/mol. The van der Waals surface area contributed by atoms with E-state index in [9.17, 15) is 5.11 Å². The first-order valence-electron chi connectivity index (χ1n) is 6.35. The fourth-order valence-electron chi connectivity index (χ4n) is 3.03. The molecule has 1 saturated carbocycles. The van der Waals surface area contributed by atoms with E-state index in [1.54, 1.807) is 0 Å². The standard InChI is InChI=1S/C13H22N2O/c1-3-11-5-4-8-13(11,16)9-6-12-7-10-14-15(12)2/h7,10-11,16H,3-6,8-9H2,1-2H3. The molecular formula is C13H22N2O. The number of aromatic nitrogens is 2. The highest BCUT2D eigenvalue weighted by Gasteiger charge is 2.39. The van der Waals surface area contributed by atoms with Crippen molar-refractivity contribution in [1.82, 2.24) is 9.78 Å². The van der Waals surface area contributed by atoms with E-state index in [0.717, 1.165) is 25.7 Å². The van der Waals surface area contributed by atoms with Gasteiger partial charge in [-0.15, -0.1) is 0 Å². The summed E-state index contributed by atoms with van der Waals surface area (Å²) in [5.74, 6) is 0.501.